The minimum atomic E-state index is -4.89. The largest absolute Gasteiger partial charge is 0.573 e. The lowest BCUT2D eigenvalue weighted by Gasteiger charge is -2.21. The molecular formula is C43H28F10N8O9. The summed E-state index contributed by atoms with van der Waals surface area (Å²) in [6.45, 7) is 0. The molecule has 2 aliphatic rings. The van der Waals surface area contributed by atoms with Crippen molar-refractivity contribution in [3.63, 3.8) is 0 Å². The Morgan fingerprint density at radius 3 is 1.19 bits per heavy atom. The number of aromatic nitrogens is 6. The minimum absolute atomic E-state index is 0.0515. The molecule has 4 heterocycles. The topological polar surface area (TPSA) is 190 Å². The van der Waals surface area contributed by atoms with Crippen molar-refractivity contribution in [1.82, 2.24) is 39.7 Å². The smallest absolute Gasteiger partial charge is 0.406 e. The third kappa shape index (κ3) is 10.8. The molecule has 8 rings (SSSR count). The van der Waals surface area contributed by atoms with Crippen molar-refractivity contribution in [1.29, 1.82) is 0 Å². The maximum Gasteiger partial charge on any atom is 0.573 e. The molecule has 2 saturated heterocycles. The minimum Gasteiger partial charge on any atom is -0.406 e. The number of hydrogen-bond donors (Lipinski definition) is 0. The first-order valence-electron chi connectivity index (χ1n) is 20.1. The first kappa shape index (κ1) is 48.1. The van der Waals surface area contributed by atoms with Crippen molar-refractivity contribution in [2.24, 2.45) is 11.8 Å². The first-order chi connectivity index (χ1) is 32.9. The molecule has 0 bridgehead atoms. The van der Waals surface area contributed by atoms with Gasteiger partial charge in [0.15, 0.2) is 11.6 Å². The maximum absolute atomic E-state index is 15.5. The molecule has 0 saturated carbocycles. The molecule has 364 valence electrons. The van der Waals surface area contributed by atoms with E-state index in [1.807, 2.05) is 0 Å². The second-order valence-corrected chi connectivity index (χ2v) is 15.4. The SMILES string of the molecule is O=C(ON1C(=O)CC(CC(F)(F)c2ccc(-c3ncn(-c4ccc(OC(F)(F)F)cc4)n3)cc2)C1=O)ON1C(=O)CC(CC(F)(F)c2ccc(-c3ncn(-c4ccc(OC(F)(F)F)cc4)n3)cc2)C1=O. The van der Waals surface area contributed by atoms with Gasteiger partial charge in [0.25, 0.3) is 35.5 Å². The maximum atomic E-state index is 15.5. The lowest BCUT2D eigenvalue weighted by Crippen LogP contribution is -2.39. The number of carbonyl (C=O) groups is 5. The van der Waals surface area contributed by atoms with Crippen LogP contribution in [0.15, 0.2) is 110 Å². The molecule has 17 nitrogen and oxygen atoms in total. The quantitative estimate of drug-likeness (QED) is 0.0748. The third-order valence-corrected chi connectivity index (χ3v) is 10.5. The highest BCUT2D eigenvalue weighted by Gasteiger charge is 2.50. The zero-order chi connectivity index (χ0) is 50.3. The fraction of sp³-hybridized carbons (Fsp3) is 0.233. The van der Waals surface area contributed by atoms with Crippen LogP contribution in [0, 0.1) is 11.8 Å². The van der Waals surface area contributed by atoms with Crippen molar-refractivity contribution in [2.75, 3.05) is 0 Å². The molecule has 2 fully saturated rings. The molecular weight excluding hydrogens is 962 g/mol. The van der Waals surface area contributed by atoms with E-state index in [1.165, 1.54) is 70.5 Å². The molecule has 4 aromatic carbocycles. The number of alkyl halides is 10. The molecule has 0 radical (unpaired) electrons. The highest BCUT2D eigenvalue weighted by molar-refractivity contribution is 6.04. The van der Waals surface area contributed by atoms with Crippen molar-refractivity contribution in [2.45, 2.75) is 50.3 Å². The summed E-state index contributed by atoms with van der Waals surface area (Å²) in [6, 6.07) is 18.2. The summed E-state index contributed by atoms with van der Waals surface area (Å²) < 4.78 is 147. The Hall–Kier alpha value is -8.39. The van der Waals surface area contributed by atoms with Gasteiger partial charge >= 0.3 is 18.9 Å². The van der Waals surface area contributed by atoms with Crippen LogP contribution in [0.4, 0.5) is 48.7 Å². The summed E-state index contributed by atoms with van der Waals surface area (Å²) in [5.74, 6) is -17.1. The van der Waals surface area contributed by atoms with Crippen molar-refractivity contribution < 1.29 is 87.0 Å². The fourth-order valence-corrected chi connectivity index (χ4v) is 7.24. The molecule has 70 heavy (non-hydrogen) atoms. The van der Waals surface area contributed by atoms with Gasteiger partial charge < -0.3 is 9.47 Å². The van der Waals surface area contributed by atoms with E-state index in [-0.39, 0.29) is 32.9 Å². The number of hydrogen-bond acceptors (Lipinski definition) is 13. The number of benzene rings is 4. The summed E-state index contributed by atoms with van der Waals surface area (Å²) in [4.78, 5) is 81.2. The van der Waals surface area contributed by atoms with Gasteiger partial charge in [-0.25, -0.2) is 36.9 Å². The van der Waals surface area contributed by atoms with Gasteiger partial charge in [0, 0.05) is 47.9 Å². The lowest BCUT2D eigenvalue weighted by atomic mass is 9.94. The second-order valence-electron chi connectivity index (χ2n) is 15.4. The summed E-state index contributed by atoms with van der Waals surface area (Å²) in [5.41, 5.74) is -0.105. The third-order valence-electron chi connectivity index (χ3n) is 10.5. The van der Waals surface area contributed by atoms with Gasteiger partial charge in [0.2, 0.25) is 0 Å². The summed E-state index contributed by atoms with van der Waals surface area (Å²) >= 11 is 0. The normalized spacial score (nSPS) is 16.8. The van der Waals surface area contributed by atoms with Gasteiger partial charge in [-0.05, 0) is 48.5 Å². The number of rotatable bonds is 14. The van der Waals surface area contributed by atoms with Crippen molar-refractivity contribution in [3.05, 3.63) is 121 Å². The predicted octanol–water partition coefficient (Wildman–Crippen LogP) is 8.38. The Balaban J connectivity index is 0.823. The molecule has 0 N–H and O–H groups in total. The van der Waals surface area contributed by atoms with E-state index in [9.17, 15) is 50.3 Å². The highest BCUT2D eigenvalue weighted by Crippen LogP contribution is 2.41. The summed E-state index contributed by atoms with van der Waals surface area (Å²) in [5, 5.41) is 8.03. The van der Waals surface area contributed by atoms with Gasteiger partial charge in [-0.1, -0.05) is 58.7 Å². The van der Waals surface area contributed by atoms with Crippen LogP contribution in [0.3, 0.4) is 0 Å². The monoisotopic (exact) mass is 990 g/mol. The van der Waals surface area contributed by atoms with Crippen LogP contribution in [0.5, 0.6) is 11.5 Å². The fourth-order valence-electron chi connectivity index (χ4n) is 7.24. The average Bonchev–Trinajstić information content (AvgIpc) is 4.09. The number of hydroxylamine groups is 4. The lowest BCUT2D eigenvalue weighted by molar-refractivity contribution is -0.275. The standard InChI is InChI=1S/C43H28F10N8O9/c44-40(45,27-5-1-23(2-6-27)35-54-21-58(56-35)29-9-13-31(14-10-29)67-42(48,49)50)19-25-17-33(62)60(37(25)64)69-39(66)70-61-34(63)18-26(38(61)65)20-41(46,47)28-7-3-24(4-8-28)36-55-22-59(57-36)30-11-15-32(16-12-30)68-43(51,52)53/h1-16,21-22,25-26H,17-20H2. The molecule has 4 amide bonds. The number of amides is 4. The number of halogens is 10. The van der Waals surface area contributed by atoms with Crippen LogP contribution in [0.25, 0.3) is 34.2 Å². The molecule has 0 spiro atoms. The highest BCUT2D eigenvalue weighted by atomic mass is 19.4. The molecule has 6 aromatic rings. The van der Waals surface area contributed by atoms with Crippen LogP contribution >= 0.6 is 0 Å². The Labute approximate surface area is 384 Å². The van der Waals surface area contributed by atoms with E-state index < -0.39 is 114 Å². The number of imide groups is 2. The van der Waals surface area contributed by atoms with Crippen molar-refractivity contribution in [3.8, 4) is 45.6 Å². The molecule has 0 aliphatic carbocycles. The molecule has 2 aromatic heterocycles. The zero-order valence-electron chi connectivity index (χ0n) is 34.9. The molecule has 2 unspecified atom stereocenters. The van der Waals surface area contributed by atoms with Gasteiger partial charge in [0.05, 0.1) is 23.2 Å². The van der Waals surface area contributed by atoms with E-state index in [1.54, 1.807) is 0 Å². The van der Waals surface area contributed by atoms with Crippen LogP contribution in [0.2, 0.25) is 0 Å². The average molecular weight is 991 g/mol. The van der Waals surface area contributed by atoms with Crippen LogP contribution < -0.4 is 9.47 Å². The second kappa shape index (κ2) is 18.3. The first-order valence-corrected chi connectivity index (χ1v) is 20.1. The Bertz CT molecular complexity index is 2750. The molecule has 2 aliphatic heterocycles. The zero-order valence-corrected chi connectivity index (χ0v) is 34.9. The van der Waals surface area contributed by atoms with Gasteiger partial charge in [0.1, 0.15) is 24.2 Å². The predicted molar refractivity (Wildman–Crippen MR) is 211 cm³/mol. The Morgan fingerprint density at radius 2 is 0.857 bits per heavy atom. The van der Waals surface area contributed by atoms with E-state index in [2.05, 4.69) is 39.3 Å². The van der Waals surface area contributed by atoms with E-state index in [4.69, 9.17) is 0 Å². The number of nitrogens with zero attached hydrogens (tertiary/aromatic N) is 8. The van der Waals surface area contributed by atoms with Gasteiger partial charge in [-0.2, -0.15) is 4.79 Å². The molecule has 2 atom stereocenters. The Kier molecular flexibility index (Phi) is 12.5. The summed E-state index contributed by atoms with van der Waals surface area (Å²) in [7, 11) is 0. The van der Waals surface area contributed by atoms with Crippen LogP contribution in [0.1, 0.15) is 36.8 Å². The van der Waals surface area contributed by atoms with E-state index in [0.717, 1.165) is 48.5 Å². The van der Waals surface area contributed by atoms with Gasteiger partial charge in [-0.3, -0.25) is 28.9 Å². The van der Waals surface area contributed by atoms with Gasteiger partial charge in [-0.15, -0.1) is 36.5 Å². The van der Waals surface area contributed by atoms with Crippen molar-refractivity contribution >= 4 is 29.8 Å². The Morgan fingerprint density at radius 1 is 0.514 bits per heavy atom. The van der Waals surface area contributed by atoms with Crippen LogP contribution in [-0.2, 0) is 40.7 Å². The number of ether oxygens (including phenoxy) is 2. The summed E-state index contributed by atoms with van der Waals surface area (Å²) in [6.07, 6.45) is -13.6. The molecule has 27 heteroatoms. The van der Waals surface area contributed by atoms with E-state index in [0.29, 0.717) is 11.4 Å². The van der Waals surface area contributed by atoms with Crippen LogP contribution in [-0.4, -0.2) is 82.2 Å². The number of carbonyl (C=O) groups excluding carboxylic acids is 5. The van der Waals surface area contributed by atoms with E-state index >= 15 is 17.6 Å².